The Hall–Kier alpha value is -3.36. The number of para-hydroxylation sites is 1. The molecule has 0 bridgehead atoms. The molecule has 0 aliphatic carbocycles. The number of carbonyl (C=O) groups is 2. The fourth-order valence-corrected chi connectivity index (χ4v) is 3.90. The first-order valence-electron chi connectivity index (χ1n) is 9.03. The van der Waals surface area contributed by atoms with Crippen molar-refractivity contribution in [3.05, 3.63) is 80.9 Å². The van der Waals surface area contributed by atoms with E-state index in [1.54, 1.807) is 37.4 Å². The lowest BCUT2D eigenvalue weighted by atomic mass is 10.2. The van der Waals surface area contributed by atoms with Crippen LogP contribution in [-0.2, 0) is 6.61 Å². The summed E-state index contributed by atoms with van der Waals surface area (Å²) in [5, 5.41) is 2.05. The third-order valence-corrected chi connectivity index (χ3v) is 5.73. The number of hydrogen-bond donors (Lipinski definition) is 3. The highest BCUT2D eigenvalue weighted by molar-refractivity contribution is 7.13. The molecule has 2 heterocycles. The van der Waals surface area contributed by atoms with Gasteiger partial charge in [-0.3, -0.25) is 20.4 Å². The molecule has 9 heteroatoms. The Morgan fingerprint density at radius 1 is 1.10 bits per heavy atom. The number of hydrogen-bond acceptors (Lipinski definition) is 5. The minimum absolute atomic E-state index is 0.224. The van der Waals surface area contributed by atoms with Crippen LogP contribution < -0.4 is 15.6 Å². The first-order valence-corrected chi connectivity index (χ1v) is 10.2. The molecule has 30 heavy (non-hydrogen) atoms. The molecule has 2 aromatic heterocycles. The summed E-state index contributed by atoms with van der Waals surface area (Å²) in [6, 6.07) is 14.4. The van der Waals surface area contributed by atoms with E-state index >= 15 is 0 Å². The molecular weight excluding hydrogens is 424 g/mol. The Morgan fingerprint density at radius 3 is 2.63 bits per heavy atom. The summed E-state index contributed by atoms with van der Waals surface area (Å²) in [4.78, 5) is 32.8. The highest BCUT2D eigenvalue weighted by atomic mass is 35.5. The van der Waals surface area contributed by atoms with Crippen LogP contribution in [0.25, 0.3) is 10.9 Å². The summed E-state index contributed by atoms with van der Waals surface area (Å²) in [7, 11) is 0. The second-order valence-electron chi connectivity index (χ2n) is 6.42. The molecule has 3 N–H and O–H groups in total. The second kappa shape index (κ2) is 8.56. The summed E-state index contributed by atoms with van der Waals surface area (Å²) >= 11 is 7.07. The van der Waals surface area contributed by atoms with Crippen LogP contribution in [0.4, 0.5) is 0 Å². The molecule has 2 aromatic carbocycles. The van der Waals surface area contributed by atoms with Crippen LogP contribution >= 0.6 is 22.9 Å². The SMILES string of the molecule is Cc1nc(COc2ccc(Cl)cc2)sc1C(=O)NNC(=O)c1c[nH]c2ccccc12. The van der Waals surface area contributed by atoms with Gasteiger partial charge in [-0.2, -0.15) is 0 Å². The maximum Gasteiger partial charge on any atom is 0.281 e. The number of aromatic nitrogens is 2. The fraction of sp³-hybridized carbons (Fsp3) is 0.0952. The molecule has 0 spiro atoms. The number of benzene rings is 2. The Morgan fingerprint density at radius 2 is 1.83 bits per heavy atom. The third-order valence-electron chi connectivity index (χ3n) is 4.35. The van der Waals surface area contributed by atoms with Gasteiger partial charge >= 0.3 is 0 Å². The van der Waals surface area contributed by atoms with E-state index in [1.807, 2.05) is 24.3 Å². The number of halogens is 1. The topological polar surface area (TPSA) is 96.1 Å². The van der Waals surface area contributed by atoms with Gasteiger partial charge in [0.1, 0.15) is 22.2 Å². The average molecular weight is 441 g/mol. The number of amides is 2. The summed E-state index contributed by atoms with van der Waals surface area (Å²) in [5.74, 6) is -0.186. The fourth-order valence-electron chi connectivity index (χ4n) is 2.90. The van der Waals surface area contributed by atoms with Crippen molar-refractivity contribution < 1.29 is 14.3 Å². The zero-order valence-electron chi connectivity index (χ0n) is 15.9. The van der Waals surface area contributed by atoms with Gasteiger partial charge in [-0.25, -0.2) is 4.98 Å². The monoisotopic (exact) mass is 440 g/mol. The van der Waals surface area contributed by atoms with E-state index in [9.17, 15) is 9.59 Å². The summed E-state index contributed by atoms with van der Waals surface area (Å²) < 4.78 is 5.67. The standard InChI is InChI=1S/C21H17ClN4O3S/c1-12-19(30-18(24-12)11-29-14-8-6-13(22)7-9-14)21(28)26-25-20(27)16-10-23-17-5-3-2-4-15(16)17/h2-10,23H,11H2,1H3,(H,25,27)(H,26,28). The molecule has 2 amide bonds. The van der Waals surface area contributed by atoms with Crippen molar-refractivity contribution in [2.24, 2.45) is 0 Å². The smallest absolute Gasteiger partial charge is 0.281 e. The predicted octanol–water partition coefficient (Wildman–Crippen LogP) is 4.24. The van der Waals surface area contributed by atoms with Gasteiger partial charge in [-0.15, -0.1) is 11.3 Å². The van der Waals surface area contributed by atoms with Gasteiger partial charge in [0, 0.05) is 22.1 Å². The van der Waals surface area contributed by atoms with Crippen LogP contribution in [-0.4, -0.2) is 21.8 Å². The molecule has 0 radical (unpaired) electrons. The molecule has 0 saturated carbocycles. The van der Waals surface area contributed by atoms with Gasteiger partial charge in [-0.05, 0) is 37.3 Å². The molecule has 0 fully saturated rings. The number of thiazole rings is 1. The van der Waals surface area contributed by atoms with Crippen molar-refractivity contribution in [3.63, 3.8) is 0 Å². The number of fused-ring (bicyclic) bond motifs is 1. The maximum absolute atomic E-state index is 12.5. The predicted molar refractivity (Wildman–Crippen MR) is 116 cm³/mol. The molecule has 4 rings (SSSR count). The molecule has 0 unspecified atom stereocenters. The van der Waals surface area contributed by atoms with E-state index < -0.39 is 11.8 Å². The average Bonchev–Trinajstić information content (AvgIpc) is 3.35. The number of H-pyrrole nitrogens is 1. The van der Waals surface area contributed by atoms with E-state index in [0.717, 1.165) is 10.9 Å². The Bertz CT molecular complexity index is 1220. The van der Waals surface area contributed by atoms with E-state index in [4.69, 9.17) is 16.3 Å². The number of rotatable bonds is 5. The van der Waals surface area contributed by atoms with Crippen LogP contribution in [0.5, 0.6) is 5.75 Å². The molecule has 7 nitrogen and oxygen atoms in total. The third kappa shape index (κ3) is 4.29. The van der Waals surface area contributed by atoms with Gasteiger partial charge < -0.3 is 9.72 Å². The molecule has 0 saturated heterocycles. The highest BCUT2D eigenvalue weighted by Crippen LogP contribution is 2.21. The van der Waals surface area contributed by atoms with Crippen molar-refractivity contribution in [2.75, 3.05) is 0 Å². The lowest BCUT2D eigenvalue weighted by Crippen LogP contribution is -2.41. The number of nitrogens with one attached hydrogen (secondary N) is 3. The molecule has 152 valence electrons. The highest BCUT2D eigenvalue weighted by Gasteiger charge is 2.18. The second-order valence-corrected chi connectivity index (χ2v) is 7.94. The van der Waals surface area contributed by atoms with Crippen LogP contribution in [0.3, 0.4) is 0 Å². The number of aryl methyl sites for hydroxylation is 1. The molecule has 0 aliphatic rings. The van der Waals surface area contributed by atoms with Crippen molar-refractivity contribution in [1.29, 1.82) is 0 Å². The van der Waals surface area contributed by atoms with Gasteiger partial charge in [0.2, 0.25) is 0 Å². The molecular formula is C21H17ClN4O3S. The van der Waals surface area contributed by atoms with Gasteiger partial charge in [0.05, 0.1) is 11.3 Å². The van der Waals surface area contributed by atoms with Crippen molar-refractivity contribution >= 4 is 45.7 Å². The normalized spacial score (nSPS) is 10.7. The maximum atomic E-state index is 12.5. The number of hydrazine groups is 1. The lowest BCUT2D eigenvalue weighted by molar-refractivity contribution is 0.0849. The first kappa shape index (κ1) is 19.9. The molecule has 4 aromatic rings. The molecule has 0 aliphatic heterocycles. The zero-order chi connectivity index (χ0) is 21.1. The summed E-state index contributed by atoms with van der Waals surface area (Å²) in [6.45, 7) is 1.96. The minimum atomic E-state index is -0.434. The van der Waals surface area contributed by atoms with Crippen molar-refractivity contribution in [3.8, 4) is 5.75 Å². The van der Waals surface area contributed by atoms with Gasteiger partial charge in [0.15, 0.2) is 0 Å². The number of nitrogens with zero attached hydrogens (tertiary/aromatic N) is 1. The summed E-state index contributed by atoms with van der Waals surface area (Å²) in [6.07, 6.45) is 1.61. The van der Waals surface area contributed by atoms with Crippen molar-refractivity contribution in [2.45, 2.75) is 13.5 Å². The largest absolute Gasteiger partial charge is 0.486 e. The minimum Gasteiger partial charge on any atom is -0.486 e. The summed E-state index contributed by atoms with van der Waals surface area (Å²) in [5.41, 5.74) is 6.76. The quantitative estimate of drug-likeness (QED) is 0.404. The number of ether oxygens (including phenoxy) is 1. The zero-order valence-corrected chi connectivity index (χ0v) is 17.4. The van der Waals surface area contributed by atoms with Crippen LogP contribution in [0.1, 0.15) is 30.7 Å². The van der Waals surface area contributed by atoms with E-state index in [0.29, 0.717) is 31.9 Å². The number of aromatic amines is 1. The lowest BCUT2D eigenvalue weighted by Gasteiger charge is -2.06. The Labute approximate surface area is 181 Å². The van der Waals surface area contributed by atoms with Crippen LogP contribution in [0.15, 0.2) is 54.7 Å². The van der Waals surface area contributed by atoms with E-state index in [2.05, 4.69) is 20.8 Å². The number of carbonyl (C=O) groups excluding carboxylic acids is 2. The van der Waals surface area contributed by atoms with Gasteiger partial charge in [0.25, 0.3) is 11.8 Å². The molecule has 0 atom stereocenters. The van der Waals surface area contributed by atoms with Crippen LogP contribution in [0, 0.1) is 6.92 Å². The van der Waals surface area contributed by atoms with Crippen LogP contribution in [0.2, 0.25) is 5.02 Å². The van der Waals surface area contributed by atoms with E-state index in [-0.39, 0.29) is 6.61 Å². The Kier molecular flexibility index (Phi) is 5.69. The Balaban J connectivity index is 1.37. The van der Waals surface area contributed by atoms with Crippen molar-refractivity contribution in [1.82, 2.24) is 20.8 Å². The first-order chi connectivity index (χ1) is 14.5. The van der Waals surface area contributed by atoms with E-state index in [1.165, 1.54) is 11.3 Å². The van der Waals surface area contributed by atoms with Gasteiger partial charge in [-0.1, -0.05) is 29.8 Å².